The van der Waals surface area contributed by atoms with Crippen LogP contribution >= 0.6 is 22.9 Å². The van der Waals surface area contributed by atoms with Gasteiger partial charge >= 0.3 is 5.97 Å². The predicted octanol–water partition coefficient (Wildman–Crippen LogP) is 4.75. The SMILES string of the molecule is CCOC(=O)c1cc2c(Cl)nnc(NCc3ccc(C)c(C)c3)c2s1. The first kappa shape index (κ1) is 17.6. The van der Waals surface area contributed by atoms with Crippen LogP contribution in [0.3, 0.4) is 0 Å². The lowest BCUT2D eigenvalue weighted by molar-refractivity contribution is 0.0532. The first-order valence-corrected chi connectivity index (χ1v) is 9.12. The number of hydrogen-bond acceptors (Lipinski definition) is 6. The van der Waals surface area contributed by atoms with Crippen molar-refractivity contribution in [2.45, 2.75) is 27.3 Å². The Kier molecular flexibility index (Phi) is 5.20. The summed E-state index contributed by atoms with van der Waals surface area (Å²) in [7, 11) is 0. The molecule has 25 heavy (non-hydrogen) atoms. The Bertz CT molecular complexity index is 939. The van der Waals surface area contributed by atoms with E-state index in [1.807, 2.05) is 0 Å². The van der Waals surface area contributed by atoms with Crippen molar-refractivity contribution in [3.63, 3.8) is 0 Å². The number of aromatic nitrogens is 2. The Hall–Kier alpha value is -2.18. The minimum atomic E-state index is -0.361. The second-order valence-electron chi connectivity index (χ2n) is 5.69. The molecule has 0 spiro atoms. The first-order valence-electron chi connectivity index (χ1n) is 7.92. The van der Waals surface area contributed by atoms with Gasteiger partial charge in [0.2, 0.25) is 0 Å². The van der Waals surface area contributed by atoms with Crippen LogP contribution in [0.5, 0.6) is 0 Å². The van der Waals surface area contributed by atoms with Crippen LogP contribution in [-0.2, 0) is 11.3 Å². The molecular formula is C18H18ClN3O2S. The molecular weight excluding hydrogens is 358 g/mol. The molecule has 0 aliphatic heterocycles. The van der Waals surface area contributed by atoms with E-state index in [1.54, 1.807) is 13.0 Å². The smallest absolute Gasteiger partial charge is 0.348 e. The van der Waals surface area contributed by atoms with E-state index in [4.69, 9.17) is 16.3 Å². The summed E-state index contributed by atoms with van der Waals surface area (Å²) in [6.45, 7) is 6.89. The molecule has 0 amide bonds. The van der Waals surface area contributed by atoms with E-state index in [0.29, 0.717) is 29.2 Å². The van der Waals surface area contributed by atoms with Gasteiger partial charge in [-0.1, -0.05) is 29.8 Å². The second-order valence-corrected chi connectivity index (χ2v) is 7.10. The highest BCUT2D eigenvalue weighted by Crippen LogP contribution is 2.34. The van der Waals surface area contributed by atoms with Gasteiger partial charge in [0, 0.05) is 11.9 Å². The summed E-state index contributed by atoms with van der Waals surface area (Å²) in [5, 5.41) is 12.4. The summed E-state index contributed by atoms with van der Waals surface area (Å²) in [6.07, 6.45) is 0. The number of carbonyl (C=O) groups is 1. The van der Waals surface area contributed by atoms with E-state index in [1.165, 1.54) is 22.5 Å². The van der Waals surface area contributed by atoms with Gasteiger partial charge in [0.25, 0.3) is 0 Å². The molecule has 2 aromatic heterocycles. The zero-order valence-corrected chi connectivity index (χ0v) is 15.8. The standard InChI is InChI=1S/C18H18ClN3O2S/c1-4-24-18(23)14-8-13-15(25-14)17(22-21-16(13)19)20-9-12-6-5-10(2)11(3)7-12/h5-8H,4,9H2,1-3H3,(H,20,22). The summed E-state index contributed by atoms with van der Waals surface area (Å²) in [5.41, 5.74) is 3.65. The lowest BCUT2D eigenvalue weighted by atomic mass is 10.1. The van der Waals surface area contributed by atoms with Crippen LogP contribution in [0.2, 0.25) is 5.15 Å². The summed E-state index contributed by atoms with van der Waals surface area (Å²) in [4.78, 5) is 12.5. The lowest BCUT2D eigenvalue weighted by Crippen LogP contribution is -2.03. The Balaban J connectivity index is 1.89. The zero-order valence-electron chi connectivity index (χ0n) is 14.2. The molecule has 0 bridgehead atoms. The fourth-order valence-corrected chi connectivity index (χ4v) is 3.69. The van der Waals surface area contributed by atoms with E-state index in [-0.39, 0.29) is 11.1 Å². The molecule has 3 aromatic rings. The maximum atomic E-state index is 12.0. The largest absolute Gasteiger partial charge is 0.462 e. The molecule has 0 aliphatic carbocycles. The van der Waals surface area contributed by atoms with Gasteiger partial charge in [-0.15, -0.1) is 21.5 Å². The quantitative estimate of drug-likeness (QED) is 0.652. The molecule has 0 aliphatic rings. The maximum Gasteiger partial charge on any atom is 0.348 e. The number of ether oxygens (including phenoxy) is 1. The molecule has 0 saturated carbocycles. The Labute approximate surface area is 155 Å². The fourth-order valence-electron chi connectivity index (χ4n) is 2.43. The Morgan fingerprint density at radius 1 is 1.24 bits per heavy atom. The van der Waals surface area contributed by atoms with Gasteiger partial charge in [-0.25, -0.2) is 4.79 Å². The Morgan fingerprint density at radius 3 is 2.76 bits per heavy atom. The van der Waals surface area contributed by atoms with Crippen LogP contribution in [0.15, 0.2) is 24.3 Å². The summed E-state index contributed by atoms with van der Waals surface area (Å²) < 4.78 is 5.86. The number of benzene rings is 1. The molecule has 0 saturated heterocycles. The third-order valence-electron chi connectivity index (χ3n) is 3.92. The molecule has 2 heterocycles. The van der Waals surface area contributed by atoms with Gasteiger partial charge in [0.1, 0.15) is 4.88 Å². The predicted molar refractivity (Wildman–Crippen MR) is 102 cm³/mol. The average Bonchev–Trinajstić information content (AvgIpc) is 3.04. The van der Waals surface area contributed by atoms with Crippen LogP contribution < -0.4 is 5.32 Å². The van der Waals surface area contributed by atoms with Crippen LogP contribution in [0.25, 0.3) is 10.1 Å². The number of halogens is 1. The van der Waals surface area contributed by atoms with Gasteiger partial charge < -0.3 is 10.1 Å². The van der Waals surface area contributed by atoms with Crippen molar-refractivity contribution in [1.29, 1.82) is 0 Å². The van der Waals surface area contributed by atoms with Crippen molar-refractivity contribution in [1.82, 2.24) is 10.2 Å². The number of anilines is 1. The van der Waals surface area contributed by atoms with Crippen molar-refractivity contribution in [2.75, 3.05) is 11.9 Å². The third-order valence-corrected chi connectivity index (χ3v) is 5.32. The van der Waals surface area contributed by atoms with E-state index < -0.39 is 0 Å². The number of thiophene rings is 1. The van der Waals surface area contributed by atoms with Crippen molar-refractivity contribution in [2.24, 2.45) is 0 Å². The van der Waals surface area contributed by atoms with Crippen molar-refractivity contribution in [3.05, 3.63) is 51.0 Å². The highest BCUT2D eigenvalue weighted by Gasteiger charge is 2.17. The molecule has 3 rings (SSSR count). The summed E-state index contributed by atoms with van der Waals surface area (Å²) in [5.74, 6) is 0.248. The van der Waals surface area contributed by atoms with Crippen molar-refractivity contribution < 1.29 is 9.53 Å². The first-order chi connectivity index (χ1) is 12.0. The molecule has 1 aromatic carbocycles. The monoisotopic (exact) mass is 375 g/mol. The van der Waals surface area contributed by atoms with Crippen molar-refractivity contribution in [3.8, 4) is 0 Å². The molecule has 0 atom stereocenters. The molecule has 0 radical (unpaired) electrons. The maximum absolute atomic E-state index is 12.0. The summed E-state index contributed by atoms with van der Waals surface area (Å²) >= 11 is 7.44. The van der Waals surface area contributed by atoms with E-state index in [9.17, 15) is 4.79 Å². The number of rotatable bonds is 5. The minimum Gasteiger partial charge on any atom is -0.462 e. The molecule has 7 heteroatoms. The van der Waals surface area contributed by atoms with Gasteiger partial charge in [0.15, 0.2) is 11.0 Å². The lowest BCUT2D eigenvalue weighted by Gasteiger charge is -2.08. The fraction of sp³-hybridized carbons (Fsp3) is 0.278. The van der Waals surface area contributed by atoms with Gasteiger partial charge in [0.05, 0.1) is 11.3 Å². The number of nitrogens with zero attached hydrogens (tertiary/aromatic N) is 2. The van der Waals surface area contributed by atoms with Crippen LogP contribution in [-0.4, -0.2) is 22.8 Å². The molecule has 0 fully saturated rings. The van der Waals surface area contributed by atoms with E-state index in [2.05, 4.69) is 47.6 Å². The molecule has 5 nitrogen and oxygen atoms in total. The third kappa shape index (κ3) is 3.75. The minimum absolute atomic E-state index is 0.276. The van der Waals surface area contributed by atoms with Gasteiger partial charge in [-0.3, -0.25) is 0 Å². The normalized spacial score (nSPS) is 10.9. The molecule has 0 unspecified atom stereocenters. The van der Waals surface area contributed by atoms with Crippen LogP contribution in [0.4, 0.5) is 5.82 Å². The van der Waals surface area contributed by atoms with Crippen LogP contribution in [0.1, 0.15) is 33.3 Å². The van der Waals surface area contributed by atoms with Gasteiger partial charge in [-0.2, -0.15) is 0 Å². The number of nitrogens with one attached hydrogen (secondary N) is 1. The number of hydrogen-bond donors (Lipinski definition) is 1. The zero-order chi connectivity index (χ0) is 18.0. The molecule has 130 valence electrons. The number of esters is 1. The average molecular weight is 376 g/mol. The Morgan fingerprint density at radius 2 is 2.04 bits per heavy atom. The van der Waals surface area contributed by atoms with Crippen molar-refractivity contribution >= 4 is 44.8 Å². The van der Waals surface area contributed by atoms with E-state index in [0.717, 1.165) is 10.3 Å². The van der Waals surface area contributed by atoms with E-state index >= 15 is 0 Å². The highest BCUT2D eigenvalue weighted by atomic mass is 35.5. The number of fused-ring (bicyclic) bond motifs is 1. The summed E-state index contributed by atoms with van der Waals surface area (Å²) in [6, 6.07) is 8.02. The topological polar surface area (TPSA) is 64.1 Å². The highest BCUT2D eigenvalue weighted by molar-refractivity contribution is 7.21. The number of carbonyl (C=O) groups excluding carboxylic acids is 1. The molecule has 1 N–H and O–H groups in total. The second kappa shape index (κ2) is 7.37. The number of aryl methyl sites for hydroxylation is 2. The van der Waals surface area contributed by atoms with Gasteiger partial charge in [-0.05, 0) is 43.5 Å². The van der Waals surface area contributed by atoms with Crippen LogP contribution in [0, 0.1) is 13.8 Å².